The first-order valence-corrected chi connectivity index (χ1v) is 8.67. The van der Waals surface area contributed by atoms with Gasteiger partial charge in [0.2, 0.25) is 0 Å². The van der Waals surface area contributed by atoms with Gasteiger partial charge in [0.05, 0.1) is 13.2 Å². The van der Waals surface area contributed by atoms with E-state index < -0.39 is 0 Å². The average molecular weight is 341 g/mol. The summed E-state index contributed by atoms with van der Waals surface area (Å²) in [5, 5.41) is 4.26. The summed E-state index contributed by atoms with van der Waals surface area (Å²) < 4.78 is 6.66. The highest BCUT2D eigenvalue weighted by Crippen LogP contribution is 2.34. The van der Waals surface area contributed by atoms with Gasteiger partial charge < -0.3 is 9.64 Å². The predicted molar refractivity (Wildman–Crippen MR) is 94.8 cm³/mol. The Balaban J connectivity index is 1.88. The van der Waals surface area contributed by atoms with Gasteiger partial charge in [-0.05, 0) is 43.0 Å². The molecule has 1 aromatic carbocycles. The maximum atomic E-state index is 13.0. The quantitative estimate of drug-likeness (QED) is 0.839. The van der Waals surface area contributed by atoms with Crippen molar-refractivity contribution in [3.05, 3.63) is 58.0 Å². The molecule has 0 N–H and O–H groups in total. The maximum Gasteiger partial charge on any atom is 0.274 e. The zero-order valence-corrected chi connectivity index (χ0v) is 14.6. The van der Waals surface area contributed by atoms with Crippen molar-refractivity contribution in [3.63, 3.8) is 0 Å². The van der Waals surface area contributed by atoms with Gasteiger partial charge in [-0.25, -0.2) is 4.68 Å². The van der Waals surface area contributed by atoms with Crippen molar-refractivity contribution in [3.8, 4) is 5.75 Å². The molecular weight excluding hydrogens is 318 g/mol. The van der Waals surface area contributed by atoms with Crippen molar-refractivity contribution in [1.29, 1.82) is 0 Å². The number of hydrogen-bond acceptors (Lipinski definition) is 4. The Morgan fingerprint density at radius 2 is 2.16 bits per heavy atom. The molecule has 0 aliphatic carbocycles. The number of hydrogen-bond donors (Lipinski definition) is 0. The van der Waals surface area contributed by atoms with Crippen molar-refractivity contribution in [2.45, 2.75) is 38.8 Å². The summed E-state index contributed by atoms with van der Waals surface area (Å²) in [5.74, 6) is 0.654. The molecule has 1 aliphatic heterocycles. The first-order valence-electron chi connectivity index (χ1n) is 8.67. The van der Waals surface area contributed by atoms with Crippen LogP contribution in [0.15, 0.2) is 41.2 Å². The minimum absolute atomic E-state index is 0.0101. The first-order chi connectivity index (χ1) is 12.1. The average Bonchev–Trinajstić information content (AvgIpc) is 3.13. The predicted octanol–water partition coefficient (Wildman–Crippen LogP) is 2.64. The lowest BCUT2D eigenvalue weighted by molar-refractivity contribution is 0.0726. The minimum Gasteiger partial charge on any atom is -0.497 e. The molecule has 1 fully saturated rings. The Hall–Kier alpha value is -2.63. The second-order valence-electron chi connectivity index (χ2n) is 6.21. The zero-order valence-electron chi connectivity index (χ0n) is 14.6. The summed E-state index contributed by atoms with van der Waals surface area (Å²) in [6.07, 6.45) is 2.65. The van der Waals surface area contributed by atoms with E-state index in [9.17, 15) is 9.59 Å². The number of rotatable bonds is 5. The first kappa shape index (κ1) is 17.2. The summed E-state index contributed by atoms with van der Waals surface area (Å²) in [6.45, 7) is 3.18. The molecule has 1 aliphatic rings. The molecule has 0 radical (unpaired) electrons. The topological polar surface area (TPSA) is 64.4 Å². The Morgan fingerprint density at radius 3 is 2.92 bits per heavy atom. The fourth-order valence-electron chi connectivity index (χ4n) is 3.29. The van der Waals surface area contributed by atoms with Crippen LogP contribution in [0.4, 0.5) is 0 Å². The van der Waals surface area contributed by atoms with Crippen molar-refractivity contribution in [2.75, 3.05) is 13.7 Å². The third-order valence-corrected chi connectivity index (χ3v) is 4.51. The summed E-state index contributed by atoms with van der Waals surface area (Å²) >= 11 is 0. The van der Waals surface area contributed by atoms with Crippen LogP contribution in [0.25, 0.3) is 0 Å². The standard InChI is InChI=1S/C19H23N3O3/c1-3-11-22-18(23)10-9-16(20-22)19(24)21-12-5-8-17(21)14-6-4-7-15(13-14)25-2/h4,6-7,9-10,13,17H,3,5,8,11-12H2,1-2H3. The molecule has 3 rings (SSSR count). The molecule has 1 unspecified atom stereocenters. The number of aromatic nitrogens is 2. The van der Waals surface area contributed by atoms with Crippen LogP contribution >= 0.6 is 0 Å². The third kappa shape index (κ3) is 3.57. The van der Waals surface area contributed by atoms with Gasteiger partial charge in [-0.1, -0.05) is 19.1 Å². The summed E-state index contributed by atoms with van der Waals surface area (Å²) in [5.41, 5.74) is 1.21. The fraction of sp³-hybridized carbons (Fsp3) is 0.421. The van der Waals surface area contributed by atoms with E-state index in [-0.39, 0.29) is 17.5 Å². The van der Waals surface area contributed by atoms with Gasteiger partial charge >= 0.3 is 0 Å². The number of benzene rings is 1. The second-order valence-corrected chi connectivity index (χ2v) is 6.21. The van der Waals surface area contributed by atoms with Crippen LogP contribution in [-0.4, -0.2) is 34.2 Å². The third-order valence-electron chi connectivity index (χ3n) is 4.51. The van der Waals surface area contributed by atoms with Crippen LogP contribution in [0.3, 0.4) is 0 Å². The van der Waals surface area contributed by atoms with Crippen molar-refractivity contribution in [1.82, 2.24) is 14.7 Å². The Kier molecular flexibility index (Phi) is 5.16. The molecule has 2 aromatic rings. The monoisotopic (exact) mass is 341 g/mol. The van der Waals surface area contributed by atoms with E-state index in [0.29, 0.717) is 18.8 Å². The molecule has 0 saturated carbocycles. The van der Waals surface area contributed by atoms with E-state index in [2.05, 4.69) is 5.10 Å². The number of ether oxygens (including phenoxy) is 1. The lowest BCUT2D eigenvalue weighted by Gasteiger charge is -2.25. The lowest BCUT2D eigenvalue weighted by Crippen LogP contribution is -2.33. The van der Waals surface area contributed by atoms with Crippen LogP contribution in [-0.2, 0) is 6.54 Å². The maximum absolute atomic E-state index is 13.0. The van der Waals surface area contributed by atoms with Gasteiger partial charge in [-0.2, -0.15) is 5.10 Å². The summed E-state index contributed by atoms with van der Waals surface area (Å²) in [6, 6.07) is 10.8. The van der Waals surface area contributed by atoms with E-state index in [1.54, 1.807) is 7.11 Å². The second kappa shape index (κ2) is 7.51. The Labute approximate surface area is 147 Å². The molecule has 1 aromatic heterocycles. The van der Waals surface area contributed by atoms with E-state index in [4.69, 9.17) is 4.74 Å². The molecule has 1 saturated heterocycles. The Bertz CT molecular complexity index is 816. The highest BCUT2D eigenvalue weighted by molar-refractivity contribution is 5.92. The fourth-order valence-corrected chi connectivity index (χ4v) is 3.29. The van der Waals surface area contributed by atoms with Crippen molar-refractivity contribution >= 4 is 5.91 Å². The number of nitrogens with zero attached hydrogens (tertiary/aromatic N) is 3. The van der Waals surface area contributed by atoms with Gasteiger partial charge in [0.15, 0.2) is 0 Å². The van der Waals surface area contributed by atoms with E-state index in [0.717, 1.165) is 30.6 Å². The normalized spacial score (nSPS) is 16.9. The molecule has 1 amide bonds. The number of likely N-dealkylation sites (tertiary alicyclic amines) is 1. The molecular formula is C19H23N3O3. The van der Waals surface area contributed by atoms with Crippen LogP contribution in [0.2, 0.25) is 0 Å². The molecule has 1 atom stereocenters. The molecule has 2 heterocycles. The zero-order chi connectivity index (χ0) is 17.8. The number of aryl methyl sites for hydroxylation is 1. The minimum atomic E-state index is -0.177. The van der Waals surface area contributed by atoms with Crippen LogP contribution < -0.4 is 10.3 Å². The van der Waals surface area contributed by atoms with Gasteiger partial charge in [0.1, 0.15) is 11.4 Å². The SMILES string of the molecule is CCCn1nc(C(=O)N2CCCC2c2cccc(OC)c2)ccc1=O. The van der Waals surface area contributed by atoms with Crippen molar-refractivity contribution < 1.29 is 9.53 Å². The number of carbonyl (C=O) groups is 1. The van der Waals surface area contributed by atoms with Crippen LogP contribution in [0.1, 0.15) is 48.3 Å². The highest BCUT2D eigenvalue weighted by Gasteiger charge is 2.31. The van der Waals surface area contributed by atoms with Crippen molar-refractivity contribution in [2.24, 2.45) is 0 Å². The largest absolute Gasteiger partial charge is 0.497 e. The van der Waals surface area contributed by atoms with Gasteiger partial charge in [0, 0.05) is 19.2 Å². The highest BCUT2D eigenvalue weighted by atomic mass is 16.5. The summed E-state index contributed by atoms with van der Waals surface area (Å²) in [4.78, 5) is 26.6. The molecule has 25 heavy (non-hydrogen) atoms. The smallest absolute Gasteiger partial charge is 0.274 e. The number of methoxy groups -OCH3 is 1. The summed E-state index contributed by atoms with van der Waals surface area (Å²) in [7, 11) is 1.64. The lowest BCUT2D eigenvalue weighted by atomic mass is 10.0. The molecule has 0 bridgehead atoms. The van der Waals surface area contributed by atoms with E-state index >= 15 is 0 Å². The van der Waals surface area contributed by atoms with Gasteiger partial charge in [-0.15, -0.1) is 0 Å². The Morgan fingerprint density at radius 1 is 1.32 bits per heavy atom. The van der Waals surface area contributed by atoms with Crippen LogP contribution in [0, 0.1) is 0 Å². The van der Waals surface area contributed by atoms with Gasteiger partial charge in [-0.3, -0.25) is 9.59 Å². The van der Waals surface area contributed by atoms with Gasteiger partial charge in [0.25, 0.3) is 11.5 Å². The number of carbonyl (C=O) groups excluding carboxylic acids is 1. The van der Waals surface area contributed by atoms with Crippen LogP contribution in [0.5, 0.6) is 5.75 Å². The van der Waals surface area contributed by atoms with E-state index in [1.807, 2.05) is 36.1 Å². The van der Waals surface area contributed by atoms with E-state index in [1.165, 1.54) is 16.8 Å². The number of amides is 1. The molecule has 6 nitrogen and oxygen atoms in total. The molecule has 6 heteroatoms. The molecule has 132 valence electrons. The molecule has 0 spiro atoms.